The zero-order chi connectivity index (χ0) is 21.3. The molecule has 4 rings (SSSR count). The molecule has 0 bridgehead atoms. The van der Waals surface area contributed by atoms with Gasteiger partial charge in [-0.15, -0.1) is 0 Å². The number of nitrogens with one attached hydrogen (secondary N) is 1. The minimum Gasteiger partial charge on any atom is -0.340 e. The molecule has 0 saturated carbocycles. The van der Waals surface area contributed by atoms with E-state index in [1.54, 1.807) is 0 Å². The average Bonchev–Trinajstić information content (AvgIpc) is 2.99. The Morgan fingerprint density at radius 3 is 2.50 bits per heavy atom. The number of aryl methyl sites for hydroxylation is 1. The molecule has 4 amide bonds. The van der Waals surface area contributed by atoms with Crippen LogP contribution in [0.4, 0.5) is 4.79 Å². The van der Waals surface area contributed by atoms with E-state index in [0.717, 1.165) is 38.0 Å². The summed E-state index contributed by atoms with van der Waals surface area (Å²) in [4.78, 5) is 44.5. The van der Waals surface area contributed by atoms with Crippen molar-refractivity contribution < 1.29 is 14.4 Å². The van der Waals surface area contributed by atoms with Crippen LogP contribution in [0, 0.1) is 6.92 Å². The highest BCUT2D eigenvalue weighted by atomic mass is 16.2. The third-order valence-electron chi connectivity index (χ3n) is 6.94. The van der Waals surface area contributed by atoms with E-state index < -0.39 is 5.54 Å². The van der Waals surface area contributed by atoms with Gasteiger partial charge in [-0.3, -0.25) is 14.5 Å². The predicted molar refractivity (Wildman–Crippen MR) is 114 cm³/mol. The van der Waals surface area contributed by atoms with Gasteiger partial charge in [0.15, 0.2) is 0 Å². The van der Waals surface area contributed by atoms with E-state index in [0.29, 0.717) is 32.4 Å². The van der Waals surface area contributed by atoms with Gasteiger partial charge in [-0.05, 0) is 44.7 Å². The number of carbonyl (C=O) groups excluding carboxylic acids is 3. The second-order valence-corrected chi connectivity index (χ2v) is 8.92. The highest BCUT2D eigenvalue weighted by Gasteiger charge is 2.54. The number of piperidine rings is 2. The summed E-state index contributed by atoms with van der Waals surface area (Å²) in [5, 5.41) is 3.01. The van der Waals surface area contributed by atoms with Crippen molar-refractivity contribution in [2.75, 3.05) is 32.7 Å². The van der Waals surface area contributed by atoms with E-state index in [2.05, 4.69) is 17.1 Å². The van der Waals surface area contributed by atoms with Crippen LogP contribution in [0.5, 0.6) is 0 Å². The van der Waals surface area contributed by atoms with Gasteiger partial charge in [-0.1, -0.05) is 36.8 Å². The van der Waals surface area contributed by atoms with Gasteiger partial charge in [0.1, 0.15) is 5.54 Å². The molecule has 30 heavy (non-hydrogen) atoms. The number of amides is 4. The Kier molecular flexibility index (Phi) is 5.82. The van der Waals surface area contributed by atoms with Crippen LogP contribution in [0.2, 0.25) is 0 Å². The third kappa shape index (κ3) is 3.95. The van der Waals surface area contributed by atoms with E-state index in [1.807, 2.05) is 36.1 Å². The van der Waals surface area contributed by atoms with Gasteiger partial charge in [0.05, 0.1) is 12.5 Å². The lowest BCUT2D eigenvalue weighted by Crippen LogP contribution is -2.56. The number of carbonyl (C=O) groups is 3. The Morgan fingerprint density at radius 1 is 1.13 bits per heavy atom. The molecule has 1 unspecified atom stereocenters. The summed E-state index contributed by atoms with van der Waals surface area (Å²) in [7, 11) is 0. The zero-order valence-electron chi connectivity index (χ0n) is 18.0. The number of likely N-dealkylation sites (tertiary alicyclic amines) is 2. The molecule has 1 atom stereocenters. The minimum absolute atomic E-state index is 0.0570. The Bertz CT molecular complexity index is 814. The number of hydrogen-bond donors (Lipinski definition) is 1. The molecule has 0 radical (unpaired) electrons. The van der Waals surface area contributed by atoms with Crippen LogP contribution < -0.4 is 5.32 Å². The van der Waals surface area contributed by atoms with Gasteiger partial charge in [-0.25, -0.2) is 4.79 Å². The van der Waals surface area contributed by atoms with Crippen LogP contribution in [-0.2, 0) is 16.0 Å². The molecular formula is C23H32N4O3. The van der Waals surface area contributed by atoms with E-state index in [1.165, 1.54) is 10.5 Å². The lowest BCUT2D eigenvalue weighted by molar-refractivity contribution is -0.138. The third-order valence-corrected chi connectivity index (χ3v) is 6.94. The van der Waals surface area contributed by atoms with Crippen LogP contribution in [0.15, 0.2) is 24.3 Å². The summed E-state index contributed by atoms with van der Waals surface area (Å²) in [5.74, 6) is -0.0392. The van der Waals surface area contributed by atoms with E-state index >= 15 is 0 Å². The standard InChI is InChI=1S/C23H32N4O3/c1-3-25-13-10-23(11-14-25)21(29)27(22(30)24-23)19-5-4-12-26(16-19)20(28)15-18-8-6-17(2)7-9-18/h6-9,19H,3-5,10-16H2,1-2H3,(H,24,30). The van der Waals surface area contributed by atoms with Crippen molar-refractivity contribution >= 4 is 17.8 Å². The van der Waals surface area contributed by atoms with Crippen LogP contribution in [0.25, 0.3) is 0 Å². The second kappa shape index (κ2) is 8.38. The lowest BCUT2D eigenvalue weighted by Gasteiger charge is -2.39. The molecule has 3 aliphatic rings. The quantitative estimate of drug-likeness (QED) is 0.767. The summed E-state index contributed by atoms with van der Waals surface area (Å²) >= 11 is 0. The molecule has 0 aliphatic carbocycles. The molecule has 7 heteroatoms. The van der Waals surface area contributed by atoms with Gasteiger partial charge >= 0.3 is 6.03 Å². The topological polar surface area (TPSA) is 73.0 Å². The van der Waals surface area contributed by atoms with Gasteiger partial charge in [0.2, 0.25) is 5.91 Å². The van der Waals surface area contributed by atoms with E-state index in [-0.39, 0.29) is 23.9 Å². The second-order valence-electron chi connectivity index (χ2n) is 8.92. The largest absolute Gasteiger partial charge is 0.340 e. The number of rotatable bonds is 4. The van der Waals surface area contributed by atoms with Gasteiger partial charge in [0.25, 0.3) is 5.91 Å². The van der Waals surface area contributed by atoms with Gasteiger partial charge in [-0.2, -0.15) is 0 Å². The predicted octanol–water partition coefficient (Wildman–Crippen LogP) is 1.93. The SMILES string of the molecule is CCN1CCC2(CC1)NC(=O)N(C1CCCN(C(=O)Cc3ccc(C)cc3)C1)C2=O. The van der Waals surface area contributed by atoms with E-state index in [4.69, 9.17) is 0 Å². The molecule has 1 aromatic rings. The van der Waals surface area contributed by atoms with Crippen molar-refractivity contribution in [1.29, 1.82) is 0 Å². The fourth-order valence-corrected chi connectivity index (χ4v) is 4.95. The van der Waals surface area contributed by atoms with Crippen molar-refractivity contribution in [3.05, 3.63) is 35.4 Å². The van der Waals surface area contributed by atoms with Gasteiger partial charge < -0.3 is 15.1 Å². The summed E-state index contributed by atoms with van der Waals surface area (Å²) in [6.45, 7) is 7.86. The molecular weight excluding hydrogens is 380 g/mol. The van der Waals surface area contributed by atoms with Crippen LogP contribution in [-0.4, -0.2) is 76.8 Å². The Balaban J connectivity index is 1.41. The summed E-state index contributed by atoms with van der Waals surface area (Å²) < 4.78 is 0. The van der Waals surface area contributed by atoms with Crippen LogP contribution in [0.1, 0.15) is 43.7 Å². The van der Waals surface area contributed by atoms with Crippen molar-refractivity contribution in [3.63, 3.8) is 0 Å². The smallest absolute Gasteiger partial charge is 0.325 e. The first-order chi connectivity index (χ1) is 14.4. The molecule has 3 saturated heterocycles. The molecule has 1 spiro atoms. The number of benzene rings is 1. The maximum Gasteiger partial charge on any atom is 0.325 e. The number of urea groups is 1. The maximum atomic E-state index is 13.3. The summed E-state index contributed by atoms with van der Waals surface area (Å²) in [6, 6.07) is 7.47. The first-order valence-electron chi connectivity index (χ1n) is 11.1. The fraction of sp³-hybridized carbons (Fsp3) is 0.609. The Labute approximate surface area is 178 Å². The lowest BCUT2D eigenvalue weighted by atomic mass is 9.87. The maximum absolute atomic E-state index is 13.3. The number of imide groups is 1. The molecule has 162 valence electrons. The normalized spacial score (nSPS) is 24.4. The van der Waals surface area contributed by atoms with Crippen molar-refractivity contribution in [2.45, 2.75) is 57.5 Å². The molecule has 3 heterocycles. The highest BCUT2D eigenvalue weighted by molar-refractivity contribution is 6.07. The molecule has 0 aromatic heterocycles. The Hall–Kier alpha value is -2.41. The van der Waals surface area contributed by atoms with Crippen LogP contribution in [0.3, 0.4) is 0 Å². The first kappa shape index (κ1) is 20.8. The van der Waals surface area contributed by atoms with Crippen molar-refractivity contribution in [1.82, 2.24) is 20.0 Å². The molecule has 7 nitrogen and oxygen atoms in total. The van der Waals surface area contributed by atoms with Crippen LogP contribution >= 0.6 is 0 Å². The van der Waals surface area contributed by atoms with Crippen molar-refractivity contribution in [2.24, 2.45) is 0 Å². The molecule has 1 aromatic carbocycles. The molecule has 3 fully saturated rings. The minimum atomic E-state index is -0.753. The first-order valence-corrected chi connectivity index (χ1v) is 11.1. The Morgan fingerprint density at radius 2 is 1.83 bits per heavy atom. The summed E-state index contributed by atoms with van der Waals surface area (Å²) in [6.07, 6.45) is 3.22. The fourth-order valence-electron chi connectivity index (χ4n) is 4.95. The zero-order valence-corrected chi connectivity index (χ0v) is 18.0. The number of nitrogens with zero attached hydrogens (tertiary/aromatic N) is 3. The number of hydrogen-bond acceptors (Lipinski definition) is 4. The average molecular weight is 413 g/mol. The monoisotopic (exact) mass is 412 g/mol. The molecule has 1 N–H and O–H groups in total. The van der Waals surface area contributed by atoms with Crippen molar-refractivity contribution in [3.8, 4) is 0 Å². The molecule has 3 aliphatic heterocycles. The van der Waals surface area contributed by atoms with Gasteiger partial charge in [0, 0.05) is 26.2 Å². The highest BCUT2D eigenvalue weighted by Crippen LogP contribution is 2.32. The summed E-state index contributed by atoms with van der Waals surface area (Å²) in [5.41, 5.74) is 1.41. The van der Waals surface area contributed by atoms with E-state index in [9.17, 15) is 14.4 Å².